The number of ether oxygens (including phenoxy) is 1. The van der Waals surface area contributed by atoms with Crippen molar-refractivity contribution in [1.29, 1.82) is 0 Å². The molecular weight excluding hydrogens is 372 g/mol. The molecular formula is C19H37BrO4. The summed E-state index contributed by atoms with van der Waals surface area (Å²) >= 11 is 3.55. The molecule has 0 aromatic rings. The van der Waals surface area contributed by atoms with Crippen LogP contribution in [0, 0.1) is 0 Å². The van der Waals surface area contributed by atoms with E-state index in [4.69, 9.17) is 0 Å². The molecule has 24 heavy (non-hydrogen) atoms. The molecule has 144 valence electrons. The minimum absolute atomic E-state index is 0.0855. The first-order chi connectivity index (χ1) is 11.5. The number of esters is 1. The molecule has 0 aliphatic carbocycles. The first kappa shape index (κ1) is 23.9. The van der Waals surface area contributed by atoms with Crippen molar-refractivity contribution in [2.24, 2.45) is 0 Å². The SMILES string of the molecule is CCCCCC(O)C(Br)CCC(O)CCCCCCCC(=O)OC. The van der Waals surface area contributed by atoms with Gasteiger partial charge in [-0.15, -0.1) is 0 Å². The summed E-state index contributed by atoms with van der Waals surface area (Å²) in [4.78, 5) is 11.0. The van der Waals surface area contributed by atoms with Gasteiger partial charge in [-0.1, -0.05) is 67.8 Å². The second-order valence-electron chi connectivity index (χ2n) is 6.69. The van der Waals surface area contributed by atoms with E-state index < -0.39 is 0 Å². The lowest BCUT2D eigenvalue weighted by atomic mass is 10.0. The van der Waals surface area contributed by atoms with E-state index >= 15 is 0 Å². The van der Waals surface area contributed by atoms with Crippen molar-refractivity contribution in [2.75, 3.05) is 7.11 Å². The lowest BCUT2D eigenvalue weighted by Crippen LogP contribution is -2.22. The zero-order valence-electron chi connectivity index (χ0n) is 15.5. The fourth-order valence-electron chi connectivity index (χ4n) is 2.75. The van der Waals surface area contributed by atoms with Gasteiger partial charge in [-0.25, -0.2) is 0 Å². The molecule has 3 unspecified atom stereocenters. The second-order valence-corrected chi connectivity index (χ2v) is 7.87. The number of carbonyl (C=O) groups excluding carboxylic acids is 1. The molecule has 0 spiro atoms. The van der Waals surface area contributed by atoms with Crippen molar-refractivity contribution in [3.63, 3.8) is 0 Å². The molecule has 0 aromatic heterocycles. The Bertz CT molecular complexity index is 299. The van der Waals surface area contributed by atoms with Crippen molar-refractivity contribution in [2.45, 2.75) is 107 Å². The van der Waals surface area contributed by atoms with E-state index in [0.29, 0.717) is 6.42 Å². The van der Waals surface area contributed by atoms with Crippen LogP contribution in [-0.4, -0.2) is 40.3 Å². The topological polar surface area (TPSA) is 66.8 Å². The monoisotopic (exact) mass is 408 g/mol. The predicted molar refractivity (Wildman–Crippen MR) is 102 cm³/mol. The Morgan fingerprint density at radius 3 is 2.21 bits per heavy atom. The van der Waals surface area contributed by atoms with Gasteiger partial charge in [-0.2, -0.15) is 0 Å². The van der Waals surface area contributed by atoms with Gasteiger partial charge in [0.05, 0.1) is 19.3 Å². The maximum atomic E-state index is 11.0. The fraction of sp³-hybridized carbons (Fsp3) is 0.947. The maximum absolute atomic E-state index is 11.0. The van der Waals surface area contributed by atoms with E-state index in [-0.39, 0.29) is 23.0 Å². The summed E-state index contributed by atoms with van der Waals surface area (Å²) in [6.45, 7) is 2.16. The van der Waals surface area contributed by atoms with E-state index in [0.717, 1.165) is 64.2 Å². The summed E-state index contributed by atoms with van der Waals surface area (Å²) in [6, 6.07) is 0. The minimum atomic E-state index is -0.307. The van der Waals surface area contributed by atoms with E-state index in [2.05, 4.69) is 27.6 Å². The van der Waals surface area contributed by atoms with Crippen LogP contribution in [0.5, 0.6) is 0 Å². The van der Waals surface area contributed by atoms with Crippen LogP contribution in [0.4, 0.5) is 0 Å². The Labute approximate surface area is 156 Å². The largest absolute Gasteiger partial charge is 0.469 e. The number of aliphatic hydroxyl groups excluding tert-OH is 2. The van der Waals surface area contributed by atoms with Crippen LogP contribution in [0.15, 0.2) is 0 Å². The van der Waals surface area contributed by atoms with Crippen molar-refractivity contribution >= 4 is 21.9 Å². The first-order valence-electron chi connectivity index (χ1n) is 9.58. The zero-order valence-corrected chi connectivity index (χ0v) is 17.1. The molecule has 0 amide bonds. The maximum Gasteiger partial charge on any atom is 0.305 e. The highest BCUT2D eigenvalue weighted by Crippen LogP contribution is 2.20. The summed E-state index contributed by atoms with van der Waals surface area (Å²) in [7, 11) is 1.42. The number of aliphatic hydroxyl groups is 2. The lowest BCUT2D eigenvalue weighted by Gasteiger charge is -2.19. The van der Waals surface area contributed by atoms with Crippen LogP contribution < -0.4 is 0 Å². The number of alkyl halides is 1. The Morgan fingerprint density at radius 1 is 0.917 bits per heavy atom. The van der Waals surface area contributed by atoms with E-state index in [1.807, 2.05) is 0 Å². The Kier molecular flexibility index (Phi) is 16.3. The van der Waals surface area contributed by atoms with Gasteiger partial charge in [-0.3, -0.25) is 4.79 Å². The van der Waals surface area contributed by atoms with Crippen LogP contribution in [0.25, 0.3) is 0 Å². The van der Waals surface area contributed by atoms with E-state index in [1.54, 1.807) is 0 Å². The standard InChI is InChI=1S/C19H37BrO4/c1-3-4-8-12-18(22)17(20)15-14-16(21)11-9-6-5-7-10-13-19(23)24-2/h16-18,21-22H,3-15H2,1-2H3. The van der Waals surface area contributed by atoms with Gasteiger partial charge in [-0.05, 0) is 32.1 Å². The molecule has 0 saturated heterocycles. The molecule has 2 N–H and O–H groups in total. The molecule has 0 saturated carbocycles. The predicted octanol–water partition coefficient (Wildman–Crippen LogP) is 4.74. The van der Waals surface area contributed by atoms with Crippen LogP contribution in [-0.2, 0) is 9.53 Å². The van der Waals surface area contributed by atoms with Gasteiger partial charge in [0.2, 0.25) is 0 Å². The van der Waals surface area contributed by atoms with E-state index in [9.17, 15) is 15.0 Å². The smallest absolute Gasteiger partial charge is 0.305 e. The molecule has 0 heterocycles. The van der Waals surface area contributed by atoms with Crippen LogP contribution in [0.1, 0.15) is 90.4 Å². The molecule has 0 aromatic carbocycles. The van der Waals surface area contributed by atoms with E-state index in [1.165, 1.54) is 20.0 Å². The molecule has 3 atom stereocenters. The van der Waals surface area contributed by atoms with Crippen LogP contribution in [0.2, 0.25) is 0 Å². The zero-order chi connectivity index (χ0) is 18.2. The van der Waals surface area contributed by atoms with Crippen LogP contribution in [0.3, 0.4) is 0 Å². The normalized spacial score (nSPS) is 15.0. The van der Waals surface area contributed by atoms with Crippen molar-refractivity contribution in [3.8, 4) is 0 Å². The molecule has 0 aliphatic heterocycles. The average Bonchev–Trinajstić information content (AvgIpc) is 2.58. The summed E-state index contributed by atoms with van der Waals surface area (Å²) in [5, 5.41) is 20.1. The number of carbonyl (C=O) groups is 1. The molecule has 4 nitrogen and oxygen atoms in total. The van der Waals surface area contributed by atoms with Crippen molar-refractivity contribution in [1.82, 2.24) is 0 Å². The highest BCUT2D eigenvalue weighted by atomic mass is 79.9. The second kappa shape index (κ2) is 16.3. The van der Waals surface area contributed by atoms with Gasteiger partial charge >= 0.3 is 5.97 Å². The number of halogens is 1. The van der Waals surface area contributed by atoms with Gasteiger partial charge < -0.3 is 14.9 Å². The number of unbranched alkanes of at least 4 members (excludes halogenated alkanes) is 6. The molecule has 0 bridgehead atoms. The summed E-state index contributed by atoms with van der Waals surface area (Å²) in [6.07, 6.45) is 11.7. The van der Waals surface area contributed by atoms with Gasteiger partial charge in [0.15, 0.2) is 0 Å². The summed E-state index contributed by atoms with van der Waals surface area (Å²) < 4.78 is 4.61. The average molecular weight is 409 g/mol. The highest BCUT2D eigenvalue weighted by molar-refractivity contribution is 9.09. The number of hydrogen-bond acceptors (Lipinski definition) is 4. The lowest BCUT2D eigenvalue weighted by molar-refractivity contribution is -0.140. The van der Waals surface area contributed by atoms with Gasteiger partial charge in [0.1, 0.15) is 0 Å². The molecule has 0 radical (unpaired) electrons. The Morgan fingerprint density at radius 2 is 1.54 bits per heavy atom. The van der Waals surface area contributed by atoms with Crippen molar-refractivity contribution in [3.05, 3.63) is 0 Å². The number of rotatable bonds is 16. The first-order valence-corrected chi connectivity index (χ1v) is 10.5. The molecule has 5 heteroatoms. The van der Waals surface area contributed by atoms with Crippen molar-refractivity contribution < 1.29 is 19.7 Å². The summed E-state index contributed by atoms with van der Waals surface area (Å²) in [5.74, 6) is -0.133. The third-order valence-corrected chi connectivity index (χ3v) is 5.51. The third kappa shape index (κ3) is 14.2. The summed E-state index contributed by atoms with van der Waals surface area (Å²) in [5.41, 5.74) is 0. The molecule has 0 fully saturated rings. The van der Waals surface area contributed by atoms with Gasteiger partial charge in [0.25, 0.3) is 0 Å². The van der Waals surface area contributed by atoms with Crippen LogP contribution >= 0.6 is 15.9 Å². The van der Waals surface area contributed by atoms with Gasteiger partial charge in [0, 0.05) is 11.2 Å². The number of hydrogen-bond donors (Lipinski definition) is 2. The Balaban J connectivity index is 3.51. The highest BCUT2D eigenvalue weighted by Gasteiger charge is 2.17. The minimum Gasteiger partial charge on any atom is -0.469 e. The third-order valence-electron chi connectivity index (χ3n) is 4.44. The Hall–Kier alpha value is -0.130. The molecule has 0 aliphatic rings. The molecule has 0 rings (SSSR count). The fourth-order valence-corrected chi connectivity index (χ4v) is 3.28. The quantitative estimate of drug-likeness (QED) is 0.220. The number of methoxy groups -OCH3 is 1.